The molecular formula is C8H7FO. The van der Waals surface area contributed by atoms with Crippen LogP contribution in [0.2, 0.25) is 0 Å². The molecule has 1 nitrogen and oxygen atoms in total. The van der Waals surface area contributed by atoms with Crippen LogP contribution in [-0.4, -0.2) is 6.61 Å². The van der Waals surface area contributed by atoms with Gasteiger partial charge in [-0.3, -0.25) is 0 Å². The smallest absolute Gasteiger partial charge is 0.259 e. The molecule has 0 radical (unpaired) electrons. The zero-order chi connectivity index (χ0) is 7.03. The third kappa shape index (κ3) is 0.809. The molecule has 0 aliphatic carbocycles. The summed E-state index contributed by atoms with van der Waals surface area (Å²) in [6.07, 6.45) is 0. The topological polar surface area (TPSA) is 12.5 Å². The summed E-state index contributed by atoms with van der Waals surface area (Å²) in [5.74, 6) is -1.46. The van der Waals surface area contributed by atoms with Crippen LogP contribution in [-0.2, 0) is 10.6 Å². The van der Waals surface area contributed by atoms with E-state index in [4.69, 9.17) is 0 Å². The minimum Gasteiger partial charge on any atom is -0.334 e. The molecule has 0 saturated carbocycles. The van der Waals surface area contributed by atoms with Gasteiger partial charge in [0, 0.05) is 5.56 Å². The van der Waals surface area contributed by atoms with E-state index in [0.717, 1.165) is 0 Å². The number of hydrogen-bond donors (Lipinski definition) is 0. The van der Waals surface area contributed by atoms with Gasteiger partial charge in [-0.15, -0.1) is 0 Å². The van der Waals surface area contributed by atoms with Crippen LogP contribution in [0.15, 0.2) is 30.3 Å². The first-order chi connectivity index (χ1) is 4.81. The molecule has 2 rings (SSSR count). The Bertz CT molecular complexity index is 228. The lowest BCUT2D eigenvalue weighted by molar-refractivity contribution is 0.141. The number of rotatable bonds is 1. The average molecular weight is 138 g/mol. The van der Waals surface area contributed by atoms with Crippen LogP contribution in [0.3, 0.4) is 0 Å². The number of hydrogen-bond acceptors (Lipinski definition) is 1. The molecule has 1 unspecified atom stereocenters. The average Bonchev–Trinajstić information content (AvgIpc) is 2.72. The third-order valence-corrected chi connectivity index (χ3v) is 1.60. The number of halogens is 1. The van der Waals surface area contributed by atoms with Crippen LogP contribution < -0.4 is 0 Å². The fourth-order valence-corrected chi connectivity index (χ4v) is 0.917. The predicted molar refractivity (Wildman–Crippen MR) is 35.2 cm³/mol. The van der Waals surface area contributed by atoms with E-state index in [1.807, 2.05) is 6.07 Å². The van der Waals surface area contributed by atoms with E-state index in [2.05, 4.69) is 4.74 Å². The molecule has 1 aromatic carbocycles. The fraction of sp³-hybridized carbons (Fsp3) is 0.250. The standard InChI is InChI=1S/C8H7FO/c9-8(6-10-8)7-4-2-1-3-5-7/h1-5H,6H2. The highest BCUT2D eigenvalue weighted by Crippen LogP contribution is 2.39. The number of alkyl halides is 1. The van der Waals surface area contributed by atoms with Gasteiger partial charge in [-0.2, -0.15) is 0 Å². The highest BCUT2D eigenvalue weighted by molar-refractivity contribution is 5.23. The lowest BCUT2D eigenvalue weighted by atomic mass is 10.1. The Morgan fingerprint density at radius 3 is 2.40 bits per heavy atom. The SMILES string of the molecule is FC1(c2ccccc2)CO1. The highest BCUT2D eigenvalue weighted by Gasteiger charge is 2.47. The zero-order valence-electron chi connectivity index (χ0n) is 5.38. The Labute approximate surface area is 58.4 Å². The summed E-state index contributed by atoms with van der Waals surface area (Å²) < 4.78 is 17.6. The summed E-state index contributed by atoms with van der Waals surface area (Å²) in [5.41, 5.74) is 0.620. The van der Waals surface area contributed by atoms with Crippen LogP contribution >= 0.6 is 0 Å². The van der Waals surface area contributed by atoms with E-state index in [9.17, 15) is 4.39 Å². The maximum absolute atomic E-state index is 13.0. The lowest BCUT2D eigenvalue weighted by Crippen LogP contribution is -1.97. The van der Waals surface area contributed by atoms with Crippen molar-refractivity contribution < 1.29 is 9.13 Å². The van der Waals surface area contributed by atoms with Gasteiger partial charge in [-0.25, -0.2) is 4.39 Å². The van der Waals surface area contributed by atoms with Crippen molar-refractivity contribution in [2.45, 2.75) is 5.85 Å². The van der Waals surface area contributed by atoms with Crippen molar-refractivity contribution in [3.05, 3.63) is 35.9 Å². The summed E-state index contributed by atoms with van der Waals surface area (Å²) in [4.78, 5) is 0. The summed E-state index contributed by atoms with van der Waals surface area (Å²) in [6.45, 7) is 0.205. The van der Waals surface area contributed by atoms with Crippen LogP contribution in [0.5, 0.6) is 0 Å². The van der Waals surface area contributed by atoms with Crippen molar-refractivity contribution in [3.8, 4) is 0 Å². The highest BCUT2D eigenvalue weighted by atomic mass is 19.2. The van der Waals surface area contributed by atoms with Gasteiger partial charge in [0.2, 0.25) is 0 Å². The molecule has 1 atom stereocenters. The van der Waals surface area contributed by atoms with Crippen molar-refractivity contribution >= 4 is 0 Å². The molecule has 1 heterocycles. The third-order valence-electron chi connectivity index (χ3n) is 1.60. The van der Waals surface area contributed by atoms with Gasteiger partial charge in [0.25, 0.3) is 5.85 Å². The van der Waals surface area contributed by atoms with E-state index in [0.29, 0.717) is 5.56 Å². The maximum atomic E-state index is 13.0. The molecule has 0 spiro atoms. The molecule has 0 aromatic heterocycles. The van der Waals surface area contributed by atoms with Gasteiger partial charge in [0.15, 0.2) is 0 Å². The molecule has 2 heteroatoms. The minimum atomic E-state index is -1.46. The Morgan fingerprint density at radius 1 is 1.30 bits per heavy atom. The number of ether oxygens (including phenoxy) is 1. The quantitative estimate of drug-likeness (QED) is 0.539. The van der Waals surface area contributed by atoms with E-state index in [-0.39, 0.29) is 6.61 Å². The summed E-state index contributed by atoms with van der Waals surface area (Å²) in [5, 5.41) is 0. The predicted octanol–water partition coefficient (Wildman–Crippen LogP) is 1.84. The Morgan fingerprint density at radius 2 is 1.90 bits per heavy atom. The molecule has 0 amide bonds. The second kappa shape index (κ2) is 1.80. The molecule has 1 fully saturated rings. The van der Waals surface area contributed by atoms with E-state index >= 15 is 0 Å². The Hall–Kier alpha value is -0.890. The van der Waals surface area contributed by atoms with Gasteiger partial charge in [-0.05, 0) is 0 Å². The molecule has 1 aliphatic rings. The van der Waals surface area contributed by atoms with Crippen LogP contribution in [0.1, 0.15) is 5.56 Å². The first-order valence-corrected chi connectivity index (χ1v) is 3.20. The van der Waals surface area contributed by atoms with Gasteiger partial charge < -0.3 is 4.74 Å². The van der Waals surface area contributed by atoms with Gasteiger partial charge >= 0.3 is 0 Å². The summed E-state index contributed by atoms with van der Waals surface area (Å²) in [6, 6.07) is 8.92. The van der Waals surface area contributed by atoms with Gasteiger partial charge in [0.1, 0.15) is 6.61 Å². The Balaban J connectivity index is 2.35. The molecule has 52 valence electrons. The molecule has 0 N–H and O–H groups in total. The Kier molecular flexibility index (Phi) is 1.05. The normalized spacial score (nSPS) is 30.1. The van der Waals surface area contributed by atoms with E-state index in [1.54, 1.807) is 24.3 Å². The monoisotopic (exact) mass is 138 g/mol. The van der Waals surface area contributed by atoms with E-state index in [1.165, 1.54) is 0 Å². The zero-order valence-corrected chi connectivity index (χ0v) is 5.38. The van der Waals surface area contributed by atoms with Gasteiger partial charge in [0.05, 0.1) is 0 Å². The largest absolute Gasteiger partial charge is 0.334 e. The fourth-order valence-electron chi connectivity index (χ4n) is 0.917. The molecule has 10 heavy (non-hydrogen) atoms. The van der Waals surface area contributed by atoms with Gasteiger partial charge in [-0.1, -0.05) is 30.3 Å². The summed E-state index contributed by atoms with van der Waals surface area (Å²) in [7, 11) is 0. The second-order valence-corrected chi connectivity index (χ2v) is 2.38. The first kappa shape index (κ1) is 5.86. The van der Waals surface area contributed by atoms with Crippen LogP contribution in [0.4, 0.5) is 4.39 Å². The maximum Gasteiger partial charge on any atom is 0.259 e. The second-order valence-electron chi connectivity index (χ2n) is 2.38. The molecular weight excluding hydrogens is 131 g/mol. The van der Waals surface area contributed by atoms with Crippen molar-refractivity contribution in [1.82, 2.24) is 0 Å². The minimum absolute atomic E-state index is 0.205. The first-order valence-electron chi connectivity index (χ1n) is 3.20. The summed E-state index contributed by atoms with van der Waals surface area (Å²) >= 11 is 0. The number of benzene rings is 1. The number of epoxide rings is 1. The van der Waals surface area contributed by atoms with Crippen LogP contribution in [0, 0.1) is 0 Å². The van der Waals surface area contributed by atoms with Crippen molar-refractivity contribution in [3.63, 3.8) is 0 Å². The van der Waals surface area contributed by atoms with Crippen molar-refractivity contribution in [2.24, 2.45) is 0 Å². The molecule has 1 aromatic rings. The van der Waals surface area contributed by atoms with E-state index < -0.39 is 5.85 Å². The molecule has 1 saturated heterocycles. The van der Waals surface area contributed by atoms with Crippen molar-refractivity contribution in [1.29, 1.82) is 0 Å². The lowest BCUT2D eigenvalue weighted by Gasteiger charge is -1.98. The molecule has 0 bridgehead atoms. The van der Waals surface area contributed by atoms with Crippen molar-refractivity contribution in [2.75, 3.05) is 6.61 Å². The van der Waals surface area contributed by atoms with Crippen LogP contribution in [0.25, 0.3) is 0 Å². The molecule has 1 aliphatic heterocycles.